The van der Waals surface area contributed by atoms with Crippen LogP contribution in [0.25, 0.3) is 0 Å². The molecule has 1 amide bonds. The lowest BCUT2D eigenvalue weighted by atomic mass is 9.95. The maximum atomic E-state index is 12.1. The van der Waals surface area contributed by atoms with Crippen molar-refractivity contribution in [3.63, 3.8) is 0 Å². The van der Waals surface area contributed by atoms with Gasteiger partial charge in [0.15, 0.2) is 0 Å². The Morgan fingerprint density at radius 3 is 3.00 bits per heavy atom. The molecule has 0 saturated carbocycles. The largest absolute Gasteiger partial charge is 0.496 e. The third-order valence-electron chi connectivity index (χ3n) is 3.99. The van der Waals surface area contributed by atoms with Crippen molar-refractivity contribution in [2.45, 2.75) is 32.2 Å². The van der Waals surface area contributed by atoms with E-state index in [1.807, 2.05) is 18.2 Å². The van der Waals surface area contributed by atoms with E-state index < -0.39 is 0 Å². The lowest BCUT2D eigenvalue weighted by molar-refractivity contribution is -0.122. The molecule has 1 fully saturated rings. The van der Waals surface area contributed by atoms with Crippen LogP contribution < -0.4 is 15.4 Å². The molecule has 0 aliphatic carbocycles. The number of methoxy groups -OCH3 is 1. The minimum Gasteiger partial charge on any atom is -0.496 e. The van der Waals surface area contributed by atoms with Gasteiger partial charge in [0.05, 0.1) is 11.6 Å². The lowest BCUT2D eigenvalue weighted by Crippen LogP contribution is -2.48. The van der Waals surface area contributed by atoms with Crippen molar-refractivity contribution in [2.75, 3.05) is 20.2 Å². The quantitative estimate of drug-likeness (QED) is 0.853. The molecule has 5 heteroatoms. The van der Waals surface area contributed by atoms with Crippen LogP contribution in [0.5, 0.6) is 5.75 Å². The van der Waals surface area contributed by atoms with Gasteiger partial charge in [-0.3, -0.25) is 4.79 Å². The average molecular weight is 355 g/mol. The summed E-state index contributed by atoms with van der Waals surface area (Å²) in [5.74, 6) is 1.45. The van der Waals surface area contributed by atoms with Gasteiger partial charge in [-0.05, 0) is 65.5 Å². The summed E-state index contributed by atoms with van der Waals surface area (Å²) in [6.07, 6.45) is 2.28. The molecule has 4 nitrogen and oxygen atoms in total. The number of carbonyl (C=O) groups is 1. The van der Waals surface area contributed by atoms with Crippen LogP contribution in [0.3, 0.4) is 0 Å². The molecule has 2 unspecified atom stereocenters. The number of amides is 1. The third-order valence-corrected chi connectivity index (χ3v) is 4.61. The maximum Gasteiger partial charge on any atom is 0.220 e. The van der Waals surface area contributed by atoms with E-state index in [4.69, 9.17) is 4.74 Å². The number of carbonyl (C=O) groups excluding carboxylic acids is 1. The molecule has 1 aromatic rings. The number of hydrogen-bond acceptors (Lipinski definition) is 3. The van der Waals surface area contributed by atoms with E-state index in [1.165, 1.54) is 0 Å². The Morgan fingerprint density at radius 2 is 2.33 bits per heavy atom. The fourth-order valence-electron chi connectivity index (χ4n) is 2.63. The predicted octanol–water partition coefficient (Wildman–Crippen LogP) is 2.50. The Bertz CT molecular complexity index is 493. The van der Waals surface area contributed by atoms with Gasteiger partial charge in [0.1, 0.15) is 5.75 Å². The Kier molecular flexibility index (Phi) is 6.06. The third kappa shape index (κ3) is 4.71. The van der Waals surface area contributed by atoms with Crippen LogP contribution >= 0.6 is 15.9 Å². The van der Waals surface area contributed by atoms with Crippen LogP contribution in [0.2, 0.25) is 0 Å². The first kappa shape index (κ1) is 16.3. The zero-order chi connectivity index (χ0) is 15.2. The van der Waals surface area contributed by atoms with Crippen LogP contribution in [-0.2, 0) is 11.2 Å². The standard InChI is InChI=1S/C16H23BrN2O2/c1-11-10-18-8-7-14(11)19-16(20)6-4-12-3-5-15(21-2)13(17)9-12/h3,5,9,11,14,18H,4,6-8,10H2,1-2H3,(H,19,20). The summed E-state index contributed by atoms with van der Waals surface area (Å²) in [6.45, 7) is 4.15. The number of piperidine rings is 1. The van der Waals surface area contributed by atoms with Crippen LogP contribution in [0, 0.1) is 5.92 Å². The molecule has 0 spiro atoms. The van der Waals surface area contributed by atoms with E-state index in [0.29, 0.717) is 18.4 Å². The molecule has 2 N–H and O–H groups in total. The monoisotopic (exact) mass is 354 g/mol. The fraction of sp³-hybridized carbons (Fsp3) is 0.562. The van der Waals surface area contributed by atoms with Gasteiger partial charge in [-0.1, -0.05) is 13.0 Å². The Morgan fingerprint density at radius 1 is 1.52 bits per heavy atom. The van der Waals surface area contributed by atoms with Crippen LogP contribution in [0.15, 0.2) is 22.7 Å². The molecule has 1 aliphatic heterocycles. The highest BCUT2D eigenvalue weighted by Gasteiger charge is 2.22. The van der Waals surface area contributed by atoms with Crippen molar-refractivity contribution < 1.29 is 9.53 Å². The summed E-state index contributed by atoms with van der Waals surface area (Å²) in [7, 11) is 1.65. The molecule has 2 atom stereocenters. The van der Waals surface area contributed by atoms with Gasteiger partial charge in [0, 0.05) is 12.5 Å². The van der Waals surface area contributed by atoms with Crippen LogP contribution in [-0.4, -0.2) is 32.1 Å². The number of aryl methyl sites for hydroxylation is 1. The Hall–Kier alpha value is -1.07. The minimum absolute atomic E-state index is 0.140. The molecule has 1 aromatic carbocycles. The molecule has 0 aromatic heterocycles. The maximum absolute atomic E-state index is 12.1. The smallest absolute Gasteiger partial charge is 0.220 e. The summed E-state index contributed by atoms with van der Waals surface area (Å²) < 4.78 is 6.13. The van der Waals surface area contributed by atoms with Crippen molar-refractivity contribution in [2.24, 2.45) is 5.92 Å². The second kappa shape index (κ2) is 7.80. The Labute approximate surface area is 134 Å². The molecular formula is C16H23BrN2O2. The molecule has 2 rings (SSSR count). The van der Waals surface area contributed by atoms with E-state index in [0.717, 1.165) is 41.7 Å². The summed E-state index contributed by atoms with van der Waals surface area (Å²) in [6, 6.07) is 6.25. The molecule has 1 heterocycles. The van der Waals surface area contributed by atoms with Gasteiger partial charge in [0.25, 0.3) is 0 Å². The van der Waals surface area contributed by atoms with Crippen molar-refractivity contribution >= 4 is 21.8 Å². The van der Waals surface area contributed by atoms with Gasteiger partial charge < -0.3 is 15.4 Å². The minimum atomic E-state index is 0.140. The van der Waals surface area contributed by atoms with Gasteiger partial charge in [-0.2, -0.15) is 0 Å². The first-order valence-corrected chi connectivity index (χ1v) is 8.22. The van der Waals surface area contributed by atoms with E-state index in [2.05, 4.69) is 33.5 Å². The Balaban J connectivity index is 1.82. The van der Waals surface area contributed by atoms with Crippen molar-refractivity contribution in [3.8, 4) is 5.75 Å². The highest BCUT2D eigenvalue weighted by atomic mass is 79.9. The number of rotatable bonds is 5. The highest BCUT2D eigenvalue weighted by Crippen LogP contribution is 2.26. The van der Waals surface area contributed by atoms with Gasteiger partial charge in [-0.15, -0.1) is 0 Å². The van der Waals surface area contributed by atoms with Crippen molar-refractivity contribution in [3.05, 3.63) is 28.2 Å². The van der Waals surface area contributed by atoms with Gasteiger partial charge in [0.2, 0.25) is 5.91 Å². The predicted molar refractivity (Wildman–Crippen MR) is 87.6 cm³/mol. The second-order valence-corrected chi connectivity index (χ2v) is 6.47. The molecule has 0 radical (unpaired) electrons. The van der Waals surface area contributed by atoms with E-state index in [1.54, 1.807) is 7.11 Å². The number of nitrogens with one attached hydrogen (secondary N) is 2. The lowest BCUT2D eigenvalue weighted by Gasteiger charge is -2.30. The first-order chi connectivity index (χ1) is 10.1. The van der Waals surface area contributed by atoms with Crippen molar-refractivity contribution in [1.29, 1.82) is 0 Å². The van der Waals surface area contributed by atoms with E-state index in [9.17, 15) is 4.79 Å². The van der Waals surface area contributed by atoms with Crippen LogP contribution in [0.4, 0.5) is 0 Å². The molecule has 21 heavy (non-hydrogen) atoms. The first-order valence-electron chi connectivity index (χ1n) is 7.42. The second-order valence-electron chi connectivity index (χ2n) is 5.61. The van der Waals surface area contributed by atoms with Crippen molar-refractivity contribution in [1.82, 2.24) is 10.6 Å². The molecular weight excluding hydrogens is 332 g/mol. The topological polar surface area (TPSA) is 50.4 Å². The zero-order valence-corrected chi connectivity index (χ0v) is 14.2. The summed E-state index contributed by atoms with van der Waals surface area (Å²) >= 11 is 3.47. The SMILES string of the molecule is COc1ccc(CCC(=O)NC2CCNCC2C)cc1Br. The summed E-state index contributed by atoms with van der Waals surface area (Å²) in [5, 5.41) is 6.50. The number of ether oxygens (including phenoxy) is 1. The highest BCUT2D eigenvalue weighted by molar-refractivity contribution is 9.10. The van der Waals surface area contributed by atoms with E-state index >= 15 is 0 Å². The number of hydrogen-bond donors (Lipinski definition) is 2. The average Bonchev–Trinajstić information content (AvgIpc) is 2.48. The summed E-state index contributed by atoms with van der Waals surface area (Å²) in [5.41, 5.74) is 1.14. The van der Waals surface area contributed by atoms with Crippen LogP contribution in [0.1, 0.15) is 25.3 Å². The van der Waals surface area contributed by atoms with E-state index in [-0.39, 0.29) is 5.91 Å². The number of benzene rings is 1. The molecule has 0 bridgehead atoms. The van der Waals surface area contributed by atoms with Gasteiger partial charge in [-0.25, -0.2) is 0 Å². The zero-order valence-electron chi connectivity index (χ0n) is 12.6. The summed E-state index contributed by atoms with van der Waals surface area (Å²) in [4.78, 5) is 12.1. The number of halogens is 1. The fourth-order valence-corrected chi connectivity index (χ4v) is 3.22. The molecule has 1 aliphatic rings. The molecule has 116 valence electrons. The van der Waals surface area contributed by atoms with Gasteiger partial charge >= 0.3 is 0 Å². The normalized spacial score (nSPS) is 21.9. The molecule has 1 saturated heterocycles.